The maximum Gasteiger partial charge on any atom is 0.296 e. The van der Waals surface area contributed by atoms with Gasteiger partial charge in [-0.2, -0.15) is 8.42 Å². The lowest BCUT2D eigenvalue weighted by Crippen LogP contribution is -2.10. The van der Waals surface area contributed by atoms with E-state index in [1.54, 1.807) is 31.4 Å². The summed E-state index contributed by atoms with van der Waals surface area (Å²) in [6.07, 6.45) is 0.464. The fourth-order valence-electron chi connectivity index (χ4n) is 2.26. The minimum absolute atomic E-state index is 0.0160. The molecule has 2 rings (SSSR count). The topological polar surface area (TPSA) is 61.8 Å². The molecule has 2 aromatic carbocycles. The summed E-state index contributed by atoms with van der Waals surface area (Å²) in [5, 5.41) is 0. The Labute approximate surface area is 149 Å². The van der Waals surface area contributed by atoms with Crippen LogP contribution in [0.2, 0.25) is 0 Å². The highest BCUT2D eigenvalue weighted by atomic mass is 32.2. The highest BCUT2D eigenvalue weighted by Crippen LogP contribution is 2.29. The van der Waals surface area contributed by atoms with Crippen LogP contribution in [0.3, 0.4) is 0 Å². The molecule has 0 aliphatic rings. The second-order valence-electron chi connectivity index (χ2n) is 5.99. The van der Waals surface area contributed by atoms with Crippen molar-refractivity contribution in [1.82, 2.24) is 0 Å². The van der Waals surface area contributed by atoms with Gasteiger partial charge in [-0.3, -0.25) is 4.18 Å². The van der Waals surface area contributed by atoms with Gasteiger partial charge in [0.25, 0.3) is 10.1 Å². The molecule has 6 heteroatoms. The van der Waals surface area contributed by atoms with Crippen LogP contribution < -0.4 is 9.47 Å². The van der Waals surface area contributed by atoms with E-state index < -0.39 is 10.1 Å². The van der Waals surface area contributed by atoms with Crippen LogP contribution in [0.15, 0.2) is 47.4 Å². The number of methoxy groups -OCH3 is 1. The molecule has 0 saturated heterocycles. The summed E-state index contributed by atoms with van der Waals surface area (Å²) >= 11 is 0. The smallest absolute Gasteiger partial charge is 0.296 e. The zero-order chi connectivity index (χ0) is 18.4. The van der Waals surface area contributed by atoms with E-state index in [0.717, 1.165) is 11.1 Å². The SMILES string of the molecule is COc1ccc(CCOS(=O)(=O)c2ccc(C)cc2)cc1OC(C)C. The molecule has 0 aliphatic heterocycles. The number of benzene rings is 2. The van der Waals surface area contributed by atoms with Gasteiger partial charge in [0.1, 0.15) is 0 Å². The van der Waals surface area contributed by atoms with Crippen molar-refractivity contribution in [3.63, 3.8) is 0 Å². The Hall–Kier alpha value is -2.05. The van der Waals surface area contributed by atoms with Gasteiger partial charge in [-0.05, 0) is 57.0 Å². The zero-order valence-corrected chi connectivity index (χ0v) is 15.8. The van der Waals surface area contributed by atoms with Crippen LogP contribution in [0.1, 0.15) is 25.0 Å². The lowest BCUT2D eigenvalue weighted by Gasteiger charge is -2.14. The molecule has 2 aromatic rings. The summed E-state index contributed by atoms with van der Waals surface area (Å²) in [4.78, 5) is 0.164. The van der Waals surface area contributed by atoms with Crippen molar-refractivity contribution in [3.8, 4) is 11.5 Å². The average molecular weight is 364 g/mol. The molecule has 0 fully saturated rings. The maximum absolute atomic E-state index is 12.2. The number of aryl methyl sites for hydroxylation is 1. The Kier molecular flexibility index (Phi) is 6.45. The Morgan fingerprint density at radius 1 is 1.00 bits per heavy atom. The van der Waals surface area contributed by atoms with E-state index in [1.165, 1.54) is 0 Å². The molecule has 0 N–H and O–H groups in total. The normalized spacial score (nSPS) is 11.6. The molecule has 0 radical (unpaired) electrons. The fraction of sp³-hybridized carbons (Fsp3) is 0.368. The molecule has 0 aliphatic carbocycles. The van der Waals surface area contributed by atoms with Crippen molar-refractivity contribution >= 4 is 10.1 Å². The lowest BCUT2D eigenvalue weighted by atomic mass is 10.1. The standard InChI is InChI=1S/C19H24O5S/c1-14(2)24-19-13-16(7-10-18(19)22-4)11-12-23-25(20,21)17-8-5-15(3)6-9-17/h5-10,13-14H,11-12H2,1-4H3. The summed E-state index contributed by atoms with van der Waals surface area (Å²) in [5.41, 5.74) is 1.91. The highest BCUT2D eigenvalue weighted by molar-refractivity contribution is 7.86. The minimum atomic E-state index is -3.75. The molecule has 0 spiro atoms. The summed E-state index contributed by atoms with van der Waals surface area (Å²) in [6, 6.07) is 12.1. The van der Waals surface area contributed by atoms with Crippen molar-refractivity contribution in [2.75, 3.05) is 13.7 Å². The van der Waals surface area contributed by atoms with Crippen molar-refractivity contribution in [3.05, 3.63) is 53.6 Å². The van der Waals surface area contributed by atoms with Gasteiger partial charge in [-0.15, -0.1) is 0 Å². The van der Waals surface area contributed by atoms with E-state index in [2.05, 4.69) is 0 Å². The third-order valence-electron chi connectivity index (χ3n) is 3.53. The average Bonchev–Trinajstić information content (AvgIpc) is 2.55. The van der Waals surface area contributed by atoms with Crippen molar-refractivity contribution in [1.29, 1.82) is 0 Å². The number of hydrogen-bond donors (Lipinski definition) is 0. The van der Waals surface area contributed by atoms with Crippen LogP contribution >= 0.6 is 0 Å². The van der Waals surface area contributed by atoms with E-state index in [4.69, 9.17) is 13.7 Å². The lowest BCUT2D eigenvalue weighted by molar-refractivity contribution is 0.230. The van der Waals surface area contributed by atoms with E-state index >= 15 is 0 Å². The number of hydrogen-bond acceptors (Lipinski definition) is 5. The molecule has 0 heterocycles. The van der Waals surface area contributed by atoms with Gasteiger partial charge in [-0.1, -0.05) is 23.8 Å². The molecule has 0 atom stereocenters. The summed E-state index contributed by atoms with van der Waals surface area (Å²) < 4.78 is 40.5. The van der Waals surface area contributed by atoms with Crippen molar-refractivity contribution in [2.45, 2.75) is 38.2 Å². The monoisotopic (exact) mass is 364 g/mol. The number of rotatable bonds is 8. The zero-order valence-electron chi connectivity index (χ0n) is 15.0. The van der Waals surface area contributed by atoms with Gasteiger partial charge in [0.15, 0.2) is 11.5 Å². The molecule has 0 saturated carbocycles. The fourth-order valence-corrected chi connectivity index (χ4v) is 3.17. The highest BCUT2D eigenvalue weighted by Gasteiger charge is 2.15. The second-order valence-corrected chi connectivity index (χ2v) is 7.61. The van der Waals surface area contributed by atoms with E-state index in [0.29, 0.717) is 17.9 Å². The largest absolute Gasteiger partial charge is 0.493 e. The van der Waals surface area contributed by atoms with E-state index in [-0.39, 0.29) is 17.6 Å². The Balaban J connectivity index is 2.02. The molecular weight excluding hydrogens is 340 g/mol. The van der Waals surface area contributed by atoms with Gasteiger partial charge < -0.3 is 9.47 Å². The molecule has 25 heavy (non-hydrogen) atoms. The van der Waals surface area contributed by atoms with Crippen LogP contribution in [0.25, 0.3) is 0 Å². The van der Waals surface area contributed by atoms with Crippen LogP contribution in [-0.2, 0) is 20.7 Å². The van der Waals surface area contributed by atoms with Gasteiger partial charge in [-0.25, -0.2) is 0 Å². The number of ether oxygens (including phenoxy) is 2. The van der Waals surface area contributed by atoms with Crippen LogP contribution in [-0.4, -0.2) is 28.2 Å². The third-order valence-corrected chi connectivity index (χ3v) is 4.86. The molecule has 0 unspecified atom stereocenters. The van der Waals surface area contributed by atoms with Crippen molar-refractivity contribution in [2.24, 2.45) is 0 Å². The summed E-state index contributed by atoms with van der Waals surface area (Å²) in [7, 11) is -2.16. The second kappa shape index (κ2) is 8.36. The van der Waals surface area contributed by atoms with Crippen LogP contribution in [0.5, 0.6) is 11.5 Å². The van der Waals surface area contributed by atoms with Gasteiger partial charge >= 0.3 is 0 Å². The minimum Gasteiger partial charge on any atom is -0.493 e. The van der Waals surface area contributed by atoms with Gasteiger partial charge in [0, 0.05) is 0 Å². The molecule has 136 valence electrons. The molecule has 5 nitrogen and oxygen atoms in total. The quantitative estimate of drug-likeness (QED) is 0.668. The molecular formula is C19H24O5S. The van der Waals surface area contributed by atoms with Crippen LogP contribution in [0, 0.1) is 6.92 Å². The third kappa shape index (κ3) is 5.47. The van der Waals surface area contributed by atoms with E-state index in [9.17, 15) is 8.42 Å². The Bertz CT molecular complexity index is 795. The predicted octanol–water partition coefficient (Wildman–Crippen LogP) is 3.74. The van der Waals surface area contributed by atoms with Crippen LogP contribution in [0.4, 0.5) is 0 Å². The van der Waals surface area contributed by atoms with Gasteiger partial charge in [0.2, 0.25) is 0 Å². The first-order valence-electron chi connectivity index (χ1n) is 8.11. The predicted molar refractivity (Wildman–Crippen MR) is 96.8 cm³/mol. The summed E-state index contributed by atoms with van der Waals surface area (Å²) in [5.74, 6) is 1.28. The maximum atomic E-state index is 12.2. The molecule has 0 aromatic heterocycles. The molecule has 0 bridgehead atoms. The Morgan fingerprint density at radius 2 is 1.68 bits per heavy atom. The first-order valence-corrected chi connectivity index (χ1v) is 9.52. The molecule has 0 amide bonds. The van der Waals surface area contributed by atoms with Crippen molar-refractivity contribution < 1.29 is 22.1 Å². The summed E-state index contributed by atoms with van der Waals surface area (Å²) in [6.45, 7) is 5.83. The van der Waals surface area contributed by atoms with E-state index in [1.807, 2.05) is 39.0 Å². The first kappa shape index (κ1) is 19.3. The van der Waals surface area contributed by atoms with Gasteiger partial charge in [0.05, 0.1) is 24.7 Å². The Morgan fingerprint density at radius 3 is 2.28 bits per heavy atom. The first-order chi connectivity index (χ1) is 11.8.